The van der Waals surface area contributed by atoms with Gasteiger partial charge in [-0.15, -0.1) is 4.89 Å². The molecule has 1 atom stereocenters. The van der Waals surface area contributed by atoms with Gasteiger partial charge in [0.15, 0.2) is 0 Å². The van der Waals surface area contributed by atoms with Crippen LogP contribution in [0, 0.1) is 0 Å². The molecule has 0 aliphatic carbocycles. The fraction of sp³-hybridized carbons (Fsp3) is 1.00. The van der Waals surface area contributed by atoms with E-state index in [1.807, 2.05) is 12.5 Å². The van der Waals surface area contributed by atoms with Crippen LogP contribution in [0.3, 0.4) is 0 Å². The monoisotopic (exact) mass is 142 g/mol. The summed E-state index contributed by atoms with van der Waals surface area (Å²) in [6.45, 7) is 0. The smallest absolute Gasteiger partial charge is 0.169 e. The molecule has 0 spiro atoms. The predicted molar refractivity (Wildman–Crippen MR) is 33.5 cm³/mol. The van der Waals surface area contributed by atoms with Crippen molar-refractivity contribution in [1.29, 1.82) is 0 Å². The zero-order chi connectivity index (χ0) is 6.28. The van der Waals surface area contributed by atoms with Crippen molar-refractivity contribution in [3.8, 4) is 0 Å². The van der Waals surface area contributed by atoms with Crippen molar-refractivity contribution in [3.05, 3.63) is 0 Å². The number of hydrogen-bond donors (Lipinski definition) is 2. The summed E-state index contributed by atoms with van der Waals surface area (Å²) >= 11 is 1.75. The van der Waals surface area contributed by atoms with Gasteiger partial charge in [-0.1, -0.05) is 5.50 Å². The third kappa shape index (κ3) is 889. The molecule has 0 aliphatic rings. The summed E-state index contributed by atoms with van der Waals surface area (Å²) in [6, 6.07) is 0. The van der Waals surface area contributed by atoms with Crippen LogP contribution in [0.25, 0.3) is 0 Å². The Balaban J connectivity index is 0. The van der Waals surface area contributed by atoms with E-state index in [4.69, 9.17) is 9.46 Å². The molecule has 5 heteroatoms. The molecule has 7 heavy (non-hydrogen) atoms. The Labute approximate surface area is 48.2 Å². The summed E-state index contributed by atoms with van der Waals surface area (Å²) in [4.78, 5) is 7.34. The second-order valence-corrected chi connectivity index (χ2v) is 2.13. The summed E-state index contributed by atoms with van der Waals surface area (Å²) in [5.74, 6) is 0. The number of rotatable bonds is 0. The Bertz CT molecular complexity index is 47.0. The molecule has 0 radical (unpaired) electrons. The van der Waals surface area contributed by atoms with Crippen LogP contribution in [0.1, 0.15) is 0 Å². The lowest BCUT2D eigenvalue weighted by atomic mass is 11.9. The highest BCUT2D eigenvalue weighted by atomic mass is 32.2. The summed E-state index contributed by atoms with van der Waals surface area (Å²) in [7, 11) is -2.37. The van der Waals surface area contributed by atoms with E-state index >= 15 is 0 Å². The van der Waals surface area contributed by atoms with Gasteiger partial charge in [-0.05, 0) is 17.1 Å². The topological polar surface area (TPSA) is 63.3 Å². The Morgan fingerprint density at radius 1 is 1.71 bits per heavy atom. The van der Waals surface area contributed by atoms with Gasteiger partial charge in [0.05, 0.1) is 0 Å². The molecule has 0 heterocycles. The van der Waals surface area contributed by atoms with E-state index in [0.717, 1.165) is 0 Å². The summed E-state index contributed by atoms with van der Waals surface area (Å²) < 4.78 is 8.93. The van der Waals surface area contributed by atoms with Crippen molar-refractivity contribution in [1.82, 2.24) is 0 Å². The molecule has 0 rings (SSSR count). The van der Waals surface area contributed by atoms with Crippen LogP contribution in [-0.2, 0) is 4.57 Å². The maximum Gasteiger partial charge on any atom is 0.607 e. The minimum absolute atomic E-state index is 1.75. The van der Waals surface area contributed by atoms with E-state index in [1.165, 1.54) is 0 Å². The van der Waals surface area contributed by atoms with Crippen LogP contribution in [0.4, 0.5) is 0 Å². The van der Waals surface area contributed by atoms with Crippen LogP contribution in [0.15, 0.2) is 0 Å². The van der Waals surface area contributed by atoms with Crippen LogP contribution in [0.2, 0.25) is 0 Å². The average molecular weight is 142 g/mol. The zero-order valence-corrected chi connectivity index (χ0v) is 6.00. The molecule has 0 aliphatic heterocycles. The predicted octanol–water partition coefficient (Wildman–Crippen LogP) is 0.574. The standard InChI is InChI=1S/C2H6S.H2NO2P/c1-3-2;1-4(2)3/h1-2H3;(H2-,1,2,3)/p+1. The van der Waals surface area contributed by atoms with Gasteiger partial charge in [-0.3, -0.25) is 0 Å². The van der Waals surface area contributed by atoms with Gasteiger partial charge >= 0.3 is 8.18 Å². The Hall–Kier alpha value is 0.370. The highest BCUT2D eigenvalue weighted by Crippen LogP contribution is 1.91. The maximum absolute atomic E-state index is 8.93. The van der Waals surface area contributed by atoms with Gasteiger partial charge in [-0.2, -0.15) is 11.8 Å². The lowest BCUT2D eigenvalue weighted by Crippen LogP contribution is -1.68. The molecule has 3 nitrogen and oxygen atoms in total. The van der Waals surface area contributed by atoms with E-state index in [2.05, 4.69) is 5.50 Å². The van der Waals surface area contributed by atoms with Crippen LogP contribution in [0.5, 0.6) is 0 Å². The molecule has 0 bridgehead atoms. The fourth-order valence-corrected chi connectivity index (χ4v) is 0. The van der Waals surface area contributed by atoms with Crippen molar-refractivity contribution in [2.75, 3.05) is 12.5 Å². The lowest BCUT2D eigenvalue weighted by Gasteiger charge is -1.51. The molecular formula is C2H9NO2PS+. The molecule has 3 N–H and O–H groups in total. The Kier molecular flexibility index (Phi) is 14.3. The second-order valence-electron chi connectivity index (χ2n) is 0.711. The van der Waals surface area contributed by atoms with E-state index in [0.29, 0.717) is 0 Å². The summed E-state index contributed by atoms with van der Waals surface area (Å²) in [5.41, 5.74) is 4.18. The third-order valence-corrected chi connectivity index (χ3v) is 0. The van der Waals surface area contributed by atoms with Crippen molar-refractivity contribution >= 4 is 19.9 Å². The second kappa shape index (κ2) is 9.62. The Morgan fingerprint density at radius 3 is 1.71 bits per heavy atom. The first-order valence-electron chi connectivity index (χ1n) is 1.46. The van der Waals surface area contributed by atoms with Crippen LogP contribution < -0.4 is 5.50 Å². The number of hydrogen-bond acceptors (Lipinski definition) is 2. The number of nitrogens with two attached hydrogens (primary N) is 1. The largest absolute Gasteiger partial charge is 0.607 e. The first-order valence-corrected chi connectivity index (χ1v) is 4.37. The highest BCUT2D eigenvalue weighted by Gasteiger charge is 1.88. The zero-order valence-electron chi connectivity index (χ0n) is 4.29. The fourth-order valence-electron chi connectivity index (χ4n) is 0. The van der Waals surface area contributed by atoms with Crippen molar-refractivity contribution in [3.63, 3.8) is 0 Å². The summed E-state index contributed by atoms with van der Waals surface area (Å²) in [6.07, 6.45) is 4.08. The molecule has 0 fully saturated rings. The molecular weight excluding hydrogens is 133 g/mol. The first kappa shape index (κ1) is 10.4. The van der Waals surface area contributed by atoms with Crippen LogP contribution in [-0.4, -0.2) is 17.4 Å². The van der Waals surface area contributed by atoms with Gasteiger partial charge in [-0.25, -0.2) is 0 Å². The number of thioether (sulfide) groups is 1. The molecule has 0 saturated carbocycles. The van der Waals surface area contributed by atoms with Gasteiger partial charge in [0, 0.05) is 0 Å². The molecule has 0 aromatic carbocycles. The molecule has 0 aromatic rings. The summed E-state index contributed by atoms with van der Waals surface area (Å²) in [5, 5.41) is 0. The molecule has 0 aromatic heterocycles. The maximum atomic E-state index is 8.93. The normalized spacial score (nSPS) is 8.86. The SMILES string of the molecule is CSC.N[P+](=O)O. The van der Waals surface area contributed by atoms with Gasteiger partial charge in [0.25, 0.3) is 0 Å². The van der Waals surface area contributed by atoms with E-state index in [1.54, 1.807) is 11.8 Å². The van der Waals surface area contributed by atoms with Crippen molar-refractivity contribution in [2.45, 2.75) is 0 Å². The van der Waals surface area contributed by atoms with Crippen molar-refractivity contribution < 1.29 is 9.46 Å². The van der Waals surface area contributed by atoms with Crippen LogP contribution >= 0.6 is 19.9 Å². The molecule has 0 saturated heterocycles. The van der Waals surface area contributed by atoms with E-state index in [9.17, 15) is 0 Å². The van der Waals surface area contributed by atoms with Gasteiger partial charge in [0.1, 0.15) is 0 Å². The molecule has 0 amide bonds. The molecule has 1 unspecified atom stereocenters. The Morgan fingerprint density at radius 2 is 1.71 bits per heavy atom. The lowest BCUT2D eigenvalue weighted by molar-refractivity contribution is 0.504. The highest BCUT2D eigenvalue weighted by molar-refractivity contribution is 7.97. The molecule has 44 valence electrons. The van der Waals surface area contributed by atoms with Gasteiger partial charge < -0.3 is 0 Å². The third-order valence-electron chi connectivity index (χ3n) is 0. The van der Waals surface area contributed by atoms with E-state index in [-0.39, 0.29) is 0 Å². The first-order chi connectivity index (χ1) is 3.15. The quantitative estimate of drug-likeness (QED) is 0.485. The average Bonchev–Trinajstić information content (AvgIpc) is 1.33. The minimum Gasteiger partial charge on any atom is -0.169 e. The van der Waals surface area contributed by atoms with Crippen molar-refractivity contribution in [2.24, 2.45) is 5.50 Å². The van der Waals surface area contributed by atoms with Gasteiger partial charge in [0.2, 0.25) is 0 Å². The van der Waals surface area contributed by atoms with E-state index < -0.39 is 8.18 Å². The minimum atomic E-state index is -2.37.